The summed E-state index contributed by atoms with van der Waals surface area (Å²) < 4.78 is 3.42. The van der Waals surface area contributed by atoms with Crippen molar-refractivity contribution in [2.75, 3.05) is 12.3 Å². The first kappa shape index (κ1) is 20.4. The number of imide groups is 1. The number of hydrogen-bond acceptors (Lipinski definition) is 6. The Bertz CT molecular complexity index is 1410. The van der Waals surface area contributed by atoms with Crippen LogP contribution in [0.3, 0.4) is 0 Å². The number of carbonyl (C=O) groups excluding carboxylic acids is 2. The third-order valence-electron chi connectivity index (χ3n) is 5.64. The molecule has 162 valence electrons. The molecule has 8 nitrogen and oxygen atoms in total. The highest BCUT2D eigenvalue weighted by Gasteiger charge is 2.27. The zero-order chi connectivity index (χ0) is 22.2. The van der Waals surface area contributed by atoms with Crippen molar-refractivity contribution in [3.05, 3.63) is 70.0 Å². The molecule has 0 bridgehead atoms. The Hall–Kier alpha value is -3.46. The Kier molecular flexibility index (Phi) is 5.26. The van der Waals surface area contributed by atoms with Crippen molar-refractivity contribution in [3.63, 3.8) is 0 Å². The molecule has 3 heterocycles. The van der Waals surface area contributed by atoms with Crippen LogP contribution in [0.2, 0.25) is 0 Å². The molecule has 0 radical (unpaired) electrons. The first-order chi connectivity index (χ1) is 15.5. The van der Waals surface area contributed by atoms with E-state index in [0.717, 1.165) is 11.1 Å². The summed E-state index contributed by atoms with van der Waals surface area (Å²) in [5.74, 6) is 0.143. The summed E-state index contributed by atoms with van der Waals surface area (Å²) in [5, 5.41) is 9.64. The molecule has 0 aliphatic carbocycles. The number of likely N-dealkylation sites (tertiary alicyclic amines) is 1. The van der Waals surface area contributed by atoms with Gasteiger partial charge in [-0.15, -0.1) is 10.2 Å². The Balaban J connectivity index is 1.56. The molecule has 2 amide bonds. The lowest BCUT2D eigenvalue weighted by molar-refractivity contribution is -0.140. The second-order valence-corrected chi connectivity index (χ2v) is 8.79. The van der Waals surface area contributed by atoms with Gasteiger partial charge in [0.05, 0.1) is 23.2 Å². The number of aromatic nitrogens is 4. The Morgan fingerprint density at radius 3 is 2.59 bits per heavy atom. The van der Waals surface area contributed by atoms with Crippen LogP contribution in [0.25, 0.3) is 16.7 Å². The van der Waals surface area contributed by atoms with E-state index in [4.69, 9.17) is 0 Å². The molecule has 0 saturated carbocycles. The highest BCUT2D eigenvalue weighted by atomic mass is 32.2. The molecule has 2 aromatic heterocycles. The second-order valence-electron chi connectivity index (χ2n) is 7.84. The summed E-state index contributed by atoms with van der Waals surface area (Å²) in [4.78, 5) is 39.0. The molecule has 0 atom stereocenters. The predicted molar refractivity (Wildman–Crippen MR) is 122 cm³/mol. The van der Waals surface area contributed by atoms with E-state index in [1.165, 1.54) is 16.7 Å². The summed E-state index contributed by atoms with van der Waals surface area (Å²) in [6, 6.07) is 15.3. The monoisotopic (exact) mass is 447 g/mol. The lowest BCUT2D eigenvalue weighted by atomic mass is 10.1. The minimum atomic E-state index is -0.230. The van der Waals surface area contributed by atoms with Crippen molar-refractivity contribution in [2.24, 2.45) is 0 Å². The Morgan fingerprint density at radius 2 is 1.84 bits per heavy atom. The van der Waals surface area contributed by atoms with Gasteiger partial charge in [-0.2, -0.15) is 0 Å². The maximum Gasteiger partial charge on any atom is 0.263 e. The molecular formula is C23H21N5O3S. The fourth-order valence-corrected chi connectivity index (χ4v) is 4.78. The van der Waals surface area contributed by atoms with Crippen LogP contribution in [-0.2, 0) is 16.1 Å². The van der Waals surface area contributed by atoms with Gasteiger partial charge in [0.25, 0.3) is 5.56 Å². The first-order valence-corrected chi connectivity index (χ1v) is 11.4. The van der Waals surface area contributed by atoms with Gasteiger partial charge in [0.15, 0.2) is 5.16 Å². The molecule has 2 aromatic carbocycles. The van der Waals surface area contributed by atoms with Crippen molar-refractivity contribution in [1.29, 1.82) is 0 Å². The maximum atomic E-state index is 13.3. The van der Waals surface area contributed by atoms with Crippen molar-refractivity contribution >= 4 is 40.3 Å². The smallest absolute Gasteiger partial charge is 0.263 e. The van der Waals surface area contributed by atoms with E-state index in [2.05, 4.69) is 10.2 Å². The lowest BCUT2D eigenvalue weighted by Crippen LogP contribution is -2.33. The lowest BCUT2D eigenvalue weighted by Gasteiger charge is -2.13. The van der Waals surface area contributed by atoms with Crippen molar-refractivity contribution < 1.29 is 9.59 Å². The highest BCUT2D eigenvalue weighted by Crippen LogP contribution is 2.23. The second kappa shape index (κ2) is 8.23. The van der Waals surface area contributed by atoms with Gasteiger partial charge in [-0.25, -0.2) is 0 Å². The van der Waals surface area contributed by atoms with Crippen molar-refractivity contribution in [2.45, 2.75) is 31.5 Å². The van der Waals surface area contributed by atoms with Crippen LogP contribution in [0.5, 0.6) is 0 Å². The number of aryl methyl sites for hydroxylation is 1. The predicted octanol–water partition coefficient (Wildman–Crippen LogP) is 2.64. The SMILES string of the molecule is Cc1ccc(Cn2c(=O)c3ccccc3n3c(SCC(=O)N4CCCC4=O)nnc23)cc1. The molecule has 0 spiro atoms. The third-order valence-corrected chi connectivity index (χ3v) is 6.55. The van der Waals surface area contributed by atoms with Crippen LogP contribution in [-0.4, -0.2) is 48.2 Å². The van der Waals surface area contributed by atoms with Gasteiger partial charge >= 0.3 is 0 Å². The highest BCUT2D eigenvalue weighted by molar-refractivity contribution is 7.99. The molecule has 4 aromatic rings. The van der Waals surface area contributed by atoms with Crippen LogP contribution < -0.4 is 5.56 Å². The van der Waals surface area contributed by atoms with Crippen LogP contribution in [0.15, 0.2) is 58.5 Å². The molecule has 0 N–H and O–H groups in total. The molecular weight excluding hydrogens is 426 g/mol. The van der Waals surface area contributed by atoms with E-state index in [0.29, 0.717) is 47.8 Å². The number of hydrogen-bond donors (Lipinski definition) is 0. The van der Waals surface area contributed by atoms with Gasteiger partial charge in [-0.05, 0) is 31.0 Å². The number of amides is 2. The maximum absolute atomic E-state index is 13.3. The fraction of sp³-hybridized carbons (Fsp3) is 0.261. The van der Waals surface area contributed by atoms with Crippen molar-refractivity contribution in [3.8, 4) is 0 Å². The summed E-state index contributed by atoms with van der Waals surface area (Å²) in [5.41, 5.74) is 2.67. The molecule has 1 fully saturated rings. The van der Waals surface area contributed by atoms with Gasteiger partial charge in [0.2, 0.25) is 17.6 Å². The summed E-state index contributed by atoms with van der Waals surface area (Å²) in [6.45, 7) is 2.85. The van der Waals surface area contributed by atoms with E-state index >= 15 is 0 Å². The molecule has 32 heavy (non-hydrogen) atoms. The molecule has 5 rings (SSSR count). The topological polar surface area (TPSA) is 89.6 Å². The largest absolute Gasteiger partial charge is 0.282 e. The van der Waals surface area contributed by atoms with Crippen LogP contribution >= 0.6 is 11.8 Å². The average molecular weight is 448 g/mol. The van der Waals surface area contributed by atoms with Crippen LogP contribution in [0.4, 0.5) is 0 Å². The molecule has 0 unspecified atom stereocenters. The normalized spacial score (nSPS) is 14.0. The van der Waals surface area contributed by atoms with Gasteiger partial charge in [-0.3, -0.25) is 28.3 Å². The fourth-order valence-electron chi connectivity index (χ4n) is 3.96. The zero-order valence-electron chi connectivity index (χ0n) is 17.5. The molecule has 1 aliphatic heterocycles. The zero-order valence-corrected chi connectivity index (χ0v) is 18.3. The standard InChI is InChI=1S/C23H21N5O3S/c1-15-8-10-16(11-9-15)13-27-21(31)17-5-2-3-6-18(17)28-22(27)24-25-23(28)32-14-20(30)26-12-4-7-19(26)29/h2-3,5-6,8-11H,4,7,12-14H2,1H3. The number of fused-ring (bicyclic) bond motifs is 3. The number of para-hydroxylation sites is 1. The van der Waals surface area contributed by atoms with E-state index in [1.54, 1.807) is 10.6 Å². The number of carbonyl (C=O) groups is 2. The minimum Gasteiger partial charge on any atom is -0.282 e. The quantitative estimate of drug-likeness (QED) is 0.437. The van der Waals surface area contributed by atoms with Gasteiger partial charge in [0, 0.05) is 13.0 Å². The summed E-state index contributed by atoms with van der Waals surface area (Å²) in [6.07, 6.45) is 1.12. The first-order valence-electron chi connectivity index (χ1n) is 10.4. The van der Waals surface area contributed by atoms with Crippen LogP contribution in [0, 0.1) is 6.92 Å². The van der Waals surface area contributed by atoms with Crippen LogP contribution in [0.1, 0.15) is 24.0 Å². The number of thioether (sulfide) groups is 1. The van der Waals surface area contributed by atoms with E-state index in [-0.39, 0.29) is 23.1 Å². The van der Waals surface area contributed by atoms with E-state index in [9.17, 15) is 14.4 Å². The summed E-state index contributed by atoms with van der Waals surface area (Å²) in [7, 11) is 0. The number of rotatable bonds is 5. The number of benzene rings is 2. The van der Waals surface area contributed by atoms with Crippen molar-refractivity contribution in [1.82, 2.24) is 24.1 Å². The van der Waals surface area contributed by atoms with E-state index < -0.39 is 0 Å². The molecule has 9 heteroatoms. The molecule has 1 aliphatic rings. The summed E-state index contributed by atoms with van der Waals surface area (Å²) >= 11 is 1.22. The van der Waals surface area contributed by atoms with E-state index in [1.807, 2.05) is 53.8 Å². The Morgan fingerprint density at radius 1 is 1.06 bits per heavy atom. The Labute approximate surface area is 187 Å². The van der Waals surface area contributed by atoms with Gasteiger partial charge in [-0.1, -0.05) is 53.7 Å². The van der Waals surface area contributed by atoms with Gasteiger partial charge in [0.1, 0.15) is 0 Å². The third kappa shape index (κ3) is 3.58. The van der Waals surface area contributed by atoms with Gasteiger partial charge < -0.3 is 0 Å². The average Bonchev–Trinajstić information content (AvgIpc) is 3.42. The minimum absolute atomic E-state index is 0.0813. The molecule has 1 saturated heterocycles. The number of nitrogens with zero attached hydrogens (tertiary/aromatic N) is 5.